The van der Waals surface area contributed by atoms with E-state index in [9.17, 15) is 18.0 Å². The molecule has 2 aromatic heterocycles. The second-order valence-corrected chi connectivity index (χ2v) is 8.56. The first-order valence-electron chi connectivity index (χ1n) is 13.2. The molecule has 0 aromatic carbocycles. The van der Waals surface area contributed by atoms with Crippen LogP contribution in [0.15, 0.2) is 12.1 Å². The number of piperazine rings is 1. The minimum atomic E-state index is -5.08. The van der Waals surface area contributed by atoms with Crippen molar-refractivity contribution in [3.8, 4) is 5.88 Å². The number of carbonyl (C=O) groups excluding carboxylic acids is 1. The first-order valence-corrected chi connectivity index (χ1v) is 13.2. The van der Waals surface area contributed by atoms with Gasteiger partial charge in [0.2, 0.25) is 5.88 Å². The Labute approximate surface area is 227 Å². The minimum absolute atomic E-state index is 0.119. The number of hydrogen-bond donors (Lipinski definition) is 4. The normalized spacial score (nSPS) is 14.5. The summed E-state index contributed by atoms with van der Waals surface area (Å²) in [5.41, 5.74) is 1.07. The molecule has 11 nitrogen and oxygen atoms in total. The van der Waals surface area contributed by atoms with Crippen molar-refractivity contribution in [3.05, 3.63) is 17.8 Å². The van der Waals surface area contributed by atoms with Gasteiger partial charge in [-0.1, -0.05) is 20.8 Å². The average Bonchev–Trinajstić information content (AvgIpc) is 3.26. The molecule has 14 heteroatoms. The van der Waals surface area contributed by atoms with Crippen molar-refractivity contribution < 1.29 is 32.6 Å². The number of carboxylic acids is 1. The number of amides is 1. The Balaban J connectivity index is 0.000000735. The third-order valence-electron chi connectivity index (χ3n) is 5.77. The van der Waals surface area contributed by atoms with Gasteiger partial charge in [-0.2, -0.15) is 23.3 Å². The molecular weight excluding hydrogens is 519 g/mol. The highest BCUT2D eigenvalue weighted by atomic mass is 19.4. The number of aliphatic carboxylic acids is 1. The molecule has 1 unspecified atom stereocenters. The maximum Gasteiger partial charge on any atom is 0.490 e. The van der Waals surface area contributed by atoms with Crippen LogP contribution >= 0.6 is 0 Å². The second-order valence-electron chi connectivity index (χ2n) is 8.56. The van der Waals surface area contributed by atoms with Crippen molar-refractivity contribution >= 4 is 22.9 Å². The molecule has 222 valence electrons. The van der Waals surface area contributed by atoms with E-state index in [0.717, 1.165) is 63.9 Å². The van der Waals surface area contributed by atoms with E-state index in [1.165, 1.54) is 0 Å². The Kier molecular flexibility index (Phi) is 15.4. The lowest BCUT2D eigenvalue weighted by Gasteiger charge is -2.26. The number of fused-ring (bicyclic) bond motifs is 1. The highest BCUT2D eigenvalue weighted by Gasteiger charge is 2.38. The van der Waals surface area contributed by atoms with Crippen LogP contribution in [0.3, 0.4) is 0 Å². The average molecular weight is 562 g/mol. The van der Waals surface area contributed by atoms with Crippen LogP contribution in [0.4, 0.5) is 13.2 Å². The minimum Gasteiger partial charge on any atom is -0.478 e. The Hall–Kier alpha value is -2.97. The predicted octanol–water partition coefficient (Wildman–Crippen LogP) is 2.42. The van der Waals surface area contributed by atoms with Gasteiger partial charge in [-0.3, -0.25) is 4.79 Å². The van der Waals surface area contributed by atoms with Crippen molar-refractivity contribution in [1.82, 2.24) is 35.6 Å². The Morgan fingerprint density at radius 1 is 1.23 bits per heavy atom. The van der Waals surface area contributed by atoms with Gasteiger partial charge in [-0.05, 0) is 38.9 Å². The largest absolute Gasteiger partial charge is 0.490 e. The summed E-state index contributed by atoms with van der Waals surface area (Å²) in [7, 11) is 3.72. The number of carbonyl (C=O) groups is 2. The molecule has 1 aliphatic heterocycles. The van der Waals surface area contributed by atoms with Crippen molar-refractivity contribution in [2.75, 3.05) is 52.9 Å². The van der Waals surface area contributed by atoms with Gasteiger partial charge in [0.25, 0.3) is 5.91 Å². The summed E-state index contributed by atoms with van der Waals surface area (Å²) < 4.78 is 39.2. The summed E-state index contributed by atoms with van der Waals surface area (Å²) in [6.45, 7) is 12.9. The van der Waals surface area contributed by atoms with Crippen molar-refractivity contribution in [2.24, 2.45) is 7.05 Å². The van der Waals surface area contributed by atoms with Gasteiger partial charge in [0.05, 0.1) is 12.0 Å². The zero-order valence-corrected chi connectivity index (χ0v) is 23.4. The summed E-state index contributed by atoms with van der Waals surface area (Å²) in [6.07, 6.45) is -2.36. The third kappa shape index (κ3) is 11.8. The van der Waals surface area contributed by atoms with Crippen LogP contribution in [-0.4, -0.2) is 102 Å². The standard InChI is InChI=1S/C21H35N7O2.C2HF3O2.C2H6/c1-4-16(8-9-22-2)24-21(29)19-17-6-7-18(25-20(17)27(3)26-19)30-15-5-12-28-13-10-23-11-14-28;3-2(4,5)1(6)7;1-2/h6-7,16,22-23H,4-5,8-15H2,1-3H3,(H,24,29);(H,6,7);1-2H3. The summed E-state index contributed by atoms with van der Waals surface area (Å²) in [5.74, 6) is -2.35. The van der Waals surface area contributed by atoms with Crippen LogP contribution in [-0.2, 0) is 11.8 Å². The molecule has 1 amide bonds. The number of hydrogen-bond acceptors (Lipinski definition) is 8. The molecule has 0 saturated carbocycles. The molecule has 0 radical (unpaired) electrons. The molecule has 1 fully saturated rings. The quantitative estimate of drug-likeness (QED) is 0.305. The Bertz CT molecular complexity index is 1010. The van der Waals surface area contributed by atoms with Gasteiger partial charge in [0, 0.05) is 51.9 Å². The SMILES string of the molecule is CC.CCC(CCNC)NC(=O)c1nn(C)c2nc(OCCCN3CCNCC3)ccc12.O=C(O)C(F)(F)F. The fourth-order valence-corrected chi connectivity index (χ4v) is 3.71. The monoisotopic (exact) mass is 561 g/mol. The van der Waals surface area contributed by atoms with E-state index in [-0.39, 0.29) is 11.9 Å². The van der Waals surface area contributed by atoms with Gasteiger partial charge in [-0.25, -0.2) is 9.48 Å². The lowest BCUT2D eigenvalue weighted by atomic mass is 10.1. The van der Waals surface area contributed by atoms with E-state index in [0.29, 0.717) is 23.8 Å². The number of carboxylic acid groups (broad SMARTS) is 1. The van der Waals surface area contributed by atoms with Crippen LogP contribution in [0.25, 0.3) is 11.0 Å². The van der Waals surface area contributed by atoms with E-state index in [4.69, 9.17) is 14.6 Å². The van der Waals surface area contributed by atoms with E-state index in [1.54, 1.807) is 11.7 Å². The number of aromatic nitrogens is 3. The summed E-state index contributed by atoms with van der Waals surface area (Å²) in [6, 6.07) is 3.82. The lowest BCUT2D eigenvalue weighted by Crippen LogP contribution is -2.43. The van der Waals surface area contributed by atoms with Gasteiger partial charge in [-0.15, -0.1) is 0 Å². The van der Waals surface area contributed by atoms with Gasteiger partial charge >= 0.3 is 12.1 Å². The highest BCUT2D eigenvalue weighted by molar-refractivity contribution is 6.04. The molecule has 0 spiro atoms. The third-order valence-corrected chi connectivity index (χ3v) is 5.77. The first-order chi connectivity index (χ1) is 18.6. The zero-order valence-electron chi connectivity index (χ0n) is 23.4. The number of nitrogens with zero attached hydrogens (tertiary/aromatic N) is 4. The predicted molar refractivity (Wildman–Crippen MR) is 143 cm³/mol. The van der Waals surface area contributed by atoms with Crippen LogP contribution < -0.4 is 20.7 Å². The molecule has 0 aliphatic carbocycles. The van der Waals surface area contributed by atoms with Gasteiger partial charge < -0.3 is 30.7 Å². The molecule has 1 saturated heterocycles. The van der Waals surface area contributed by atoms with E-state index in [2.05, 4.69) is 37.9 Å². The summed E-state index contributed by atoms with van der Waals surface area (Å²) >= 11 is 0. The molecule has 1 atom stereocenters. The van der Waals surface area contributed by atoms with E-state index < -0.39 is 12.1 Å². The molecule has 3 heterocycles. The van der Waals surface area contributed by atoms with E-state index in [1.807, 2.05) is 33.0 Å². The molecule has 39 heavy (non-hydrogen) atoms. The van der Waals surface area contributed by atoms with Crippen LogP contribution in [0.2, 0.25) is 0 Å². The van der Waals surface area contributed by atoms with Crippen LogP contribution in [0, 0.1) is 0 Å². The number of ether oxygens (including phenoxy) is 1. The molecule has 1 aliphatic rings. The zero-order chi connectivity index (χ0) is 29.4. The number of pyridine rings is 1. The van der Waals surface area contributed by atoms with Crippen LogP contribution in [0.5, 0.6) is 5.88 Å². The lowest BCUT2D eigenvalue weighted by molar-refractivity contribution is -0.192. The first kappa shape index (κ1) is 34.1. The van der Waals surface area contributed by atoms with E-state index >= 15 is 0 Å². The number of aryl methyl sites for hydroxylation is 1. The summed E-state index contributed by atoms with van der Waals surface area (Å²) in [4.78, 5) is 28.7. The van der Waals surface area contributed by atoms with Crippen molar-refractivity contribution in [1.29, 1.82) is 0 Å². The number of nitrogens with one attached hydrogen (secondary N) is 3. The fourth-order valence-electron chi connectivity index (χ4n) is 3.71. The molecule has 4 N–H and O–H groups in total. The number of rotatable bonds is 11. The number of alkyl halides is 3. The summed E-state index contributed by atoms with van der Waals surface area (Å²) in [5, 5.41) is 21.9. The topological polar surface area (TPSA) is 134 Å². The highest BCUT2D eigenvalue weighted by Crippen LogP contribution is 2.20. The van der Waals surface area contributed by atoms with Gasteiger partial charge in [0.1, 0.15) is 0 Å². The maximum atomic E-state index is 12.8. The maximum absolute atomic E-state index is 12.8. The van der Waals surface area contributed by atoms with Gasteiger partial charge in [0.15, 0.2) is 11.3 Å². The van der Waals surface area contributed by atoms with Crippen molar-refractivity contribution in [3.63, 3.8) is 0 Å². The molecular formula is C25H42F3N7O4. The molecule has 2 aromatic rings. The molecule has 0 bridgehead atoms. The smallest absolute Gasteiger partial charge is 0.478 e. The Morgan fingerprint density at radius 3 is 2.44 bits per heavy atom. The van der Waals surface area contributed by atoms with Crippen molar-refractivity contribution in [2.45, 2.75) is 52.3 Å². The fraction of sp³-hybridized carbons (Fsp3) is 0.680. The van der Waals surface area contributed by atoms with Crippen LogP contribution in [0.1, 0.15) is 50.5 Å². The molecule has 3 rings (SSSR count). The second kappa shape index (κ2) is 17.6. The Morgan fingerprint density at radius 2 is 1.87 bits per heavy atom. The number of halogens is 3.